The van der Waals surface area contributed by atoms with Gasteiger partial charge in [0.1, 0.15) is 0 Å². The van der Waals surface area contributed by atoms with Gasteiger partial charge in [-0.1, -0.05) is 19.8 Å². The van der Waals surface area contributed by atoms with E-state index in [1.807, 2.05) is 13.1 Å². The Morgan fingerprint density at radius 2 is 2.17 bits per heavy atom. The predicted octanol–water partition coefficient (Wildman–Crippen LogP) is 2.43. The molecule has 4 heteroatoms. The van der Waals surface area contributed by atoms with E-state index in [0.717, 1.165) is 12.1 Å². The molecule has 1 saturated carbocycles. The molecule has 0 radical (unpaired) electrons. The molecule has 1 aliphatic rings. The molecule has 1 aromatic heterocycles. The highest BCUT2D eigenvalue weighted by Gasteiger charge is 2.24. The van der Waals surface area contributed by atoms with Gasteiger partial charge in [0, 0.05) is 31.2 Å². The molecule has 0 spiro atoms. The highest BCUT2D eigenvalue weighted by molar-refractivity contribution is 5.99. The molecule has 98 valence electrons. The lowest BCUT2D eigenvalue weighted by Crippen LogP contribution is -2.41. The van der Waals surface area contributed by atoms with Gasteiger partial charge < -0.3 is 10.6 Å². The van der Waals surface area contributed by atoms with Crippen LogP contribution in [-0.2, 0) is 0 Å². The van der Waals surface area contributed by atoms with E-state index in [2.05, 4.69) is 22.5 Å². The fraction of sp³-hybridized carbons (Fsp3) is 0.571. The van der Waals surface area contributed by atoms with Crippen LogP contribution in [0.2, 0.25) is 0 Å². The Morgan fingerprint density at radius 3 is 2.89 bits per heavy atom. The summed E-state index contributed by atoms with van der Waals surface area (Å²) in [6.45, 7) is 2.21. The van der Waals surface area contributed by atoms with Crippen LogP contribution in [0.25, 0.3) is 0 Å². The van der Waals surface area contributed by atoms with Crippen molar-refractivity contribution in [1.29, 1.82) is 0 Å². The van der Waals surface area contributed by atoms with Gasteiger partial charge in [-0.25, -0.2) is 0 Å². The number of hydrogen-bond donors (Lipinski definition) is 2. The summed E-state index contributed by atoms with van der Waals surface area (Å²) in [5.41, 5.74) is 1.45. The molecule has 2 rings (SSSR count). The molecular formula is C14H21N3O. The Hall–Kier alpha value is -1.58. The van der Waals surface area contributed by atoms with Gasteiger partial charge >= 0.3 is 0 Å². The summed E-state index contributed by atoms with van der Waals surface area (Å²) in [5, 5.41) is 6.16. The molecule has 0 saturated heterocycles. The van der Waals surface area contributed by atoms with E-state index in [9.17, 15) is 4.79 Å². The van der Waals surface area contributed by atoms with Gasteiger partial charge in [-0.3, -0.25) is 9.78 Å². The summed E-state index contributed by atoms with van der Waals surface area (Å²) in [6.07, 6.45) is 8.09. The SMILES string of the molecule is CNc1ccncc1C(=O)NC1CCCCC1C. The molecule has 18 heavy (non-hydrogen) atoms. The number of amides is 1. The number of carbonyl (C=O) groups excluding carboxylic acids is 1. The minimum absolute atomic E-state index is 0.0220. The third kappa shape index (κ3) is 2.81. The van der Waals surface area contributed by atoms with Crippen LogP contribution in [0, 0.1) is 5.92 Å². The maximum absolute atomic E-state index is 12.2. The van der Waals surface area contributed by atoms with Gasteiger partial charge in [0.05, 0.1) is 5.56 Å². The van der Waals surface area contributed by atoms with Crippen LogP contribution in [0.3, 0.4) is 0 Å². The number of nitrogens with one attached hydrogen (secondary N) is 2. The number of rotatable bonds is 3. The first-order chi connectivity index (χ1) is 8.72. The first-order valence-electron chi connectivity index (χ1n) is 6.65. The molecule has 1 aromatic rings. The first kappa shape index (κ1) is 12.9. The lowest BCUT2D eigenvalue weighted by molar-refractivity contribution is 0.0911. The topological polar surface area (TPSA) is 54.0 Å². The third-order valence-electron chi connectivity index (χ3n) is 3.76. The zero-order valence-electron chi connectivity index (χ0n) is 11.1. The number of nitrogens with zero attached hydrogens (tertiary/aromatic N) is 1. The van der Waals surface area contributed by atoms with Crippen molar-refractivity contribution in [3.8, 4) is 0 Å². The van der Waals surface area contributed by atoms with Gasteiger partial charge in [-0.05, 0) is 24.8 Å². The van der Waals surface area contributed by atoms with Gasteiger partial charge in [0.2, 0.25) is 0 Å². The average molecular weight is 247 g/mol. The Balaban J connectivity index is 2.07. The Bertz CT molecular complexity index is 419. The molecule has 2 unspecified atom stereocenters. The molecule has 1 fully saturated rings. The van der Waals surface area contributed by atoms with Crippen molar-refractivity contribution in [1.82, 2.24) is 10.3 Å². The van der Waals surface area contributed by atoms with Crippen LogP contribution in [-0.4, -0.2) is 24.0 Å². The number of pyridine rings is 1. The van der Waals surface area contributed by atoms with E-state index in [0.29, 0.717) is 17.5 Å². The van der Waals surface area contributed by atoms with Crippen LogP contribution < -0.4 is 10.6 Å². The van der Waals surface area contributed by atoms with E-state index in [4.69, 9.17) is 0 Å². The standard InChI is InChI=1S/C14H21N3O/c1-10-5-3-4-6-12(10)17-14(18)11-9-16-8-7-13(11)15-2/h7-10,12H,3-6H2,1-2H3,(H,15,16)(H,17,18). The summed E-state index contributed by atoms with van der Waals surface area (Å²) in [7, 11) is 1.81. The minimum atomic E-state index is -0.0220. The molecule has 4 nitrogen and oxygen atoms in total. The van der Waals surface area contributed by atoms with Crippen molar-refractivity contribution in [2.24, 2.45) is 5.92 Å². The van der Waals surface area contributed by atoms with E-state index in [1.54, 1.807) is 12.4 Å². The van der Waals surface area contributed by atoms with E-state index >= 15 is 0 Å². The second-order valence-electron chi connectivity index (χ2n) is 5.01. The van der Waals surface area contributed by atoms with Crippen molar-refractivity contribution in [2.45, 2.75) is 38.6 Å². The third-order valence-corrected chi connectivity index (χ3v) is 3.76. The van der Waals surface area contributed by atoms with Gasteiger partial charge in [-0.2, -0.15) is 0 Å². The Labute approximate surface area is 108 Å². The summed E-state index contributed by atoms with van der Waals surface area (Å²) in [6, 6.07) is 2.12. The summed E-state index contributed by atoms with van der Waals surface area (Å²) < 4.78 is 0. The lowest BCUT2D eigenvalue weighted by atomic mass is 9.86. The smallest absolute Gasteiger partial charge is 0.255 e. The number of hydrogen-bond acceptors (Lipinski definition) is 3. The monoisotopic (exact) mass is 247 g/mol. The van der Waals surface area contributed by atoms with Gasteiger partial charge in [0.25, 0.3) is 5.91 Å². The molecule has 0 aromatic carbocycles. The maximum Gasteiger partial charge on any atom is 0.255 e. The molecule has 2 atom stereocenters. The van der Waals surface area contributed by atoms with E-state index in [-0.39, 0.29) is 5.91 Å². The lowest BCUT2D eigenvalue weighted by Gasteiger charge is -2.29. The van der Waals surface area contributed by atoms with Crippen molar-refractivity contribution < 1.29 is 4.79 Å². The molecule has 0 aliphatic heterocycles. The number of carbonyl (C=O) groups is 1. The molecular weight excluding hydrogens is 226 g/mol. The van der Waals surface area contributed by atoms with Crippen LogP contribution in [0.15, 0.2) is 18.5 Å². The van der Waals surface area contributed by atoms with Crippen LogP contribution in [0.4, 0.5) is 5.69 Å². The van der Waals surface area contributed by atoms with Crippen LogP contribution >= 0.6 is 0 Å². The van der Waals surface area contributed by atoms with E-state index in [1.165, 1.54) is 19.3 Å². The fourth-order valence-electron chi connectivity index (χ4n) is 2.57. The maximum atomic E-state index is 12.2. The summed E-state index contributed by atoms with van der Waals surface area (Å²) >= 11 is 0. The molecule has 1 aliphatic carbocycles. The van der Waals surface area contributed by atoms with E-state index < -0.39 is 0 Å². The normalized spacial score (nSPS) is 23.4. The molecule has 1 heterocycles. The summed E-state index contributed by atoms with van der Waals surface area (Å²) in [5.74, 6) is 0.545. The van der Waals surface area contributed by atoms with Crippen molar-refractivity contribution in [3.05, 3.63) is 24.0 Å². The molecule has 0 bridgehead atoms. The number of anilines is 1. The molecule has 2 N–H and O–H groups in total. The first-order valence-corrected chi connectivity index (χ1v) is 6.65. The average Bonchev–Trinajstić information content (AvgIpc) is 2.41. The van der Waals surface area contributed by atoms with Crippen LogP contribution in [0.1, 0.15) is 43.0 Å². The predicted molar refractivity (Wildman–Crippen MR) is 72.7 cm³/mol. The van der Waals surface area contributed by atoms with Crippen molar-refractivity contribution in [3.63, 3.8) is 0 Å². The minimum Gasteiger partial charge on any atom is -0.387 e. The zero-order valence-corrected chi connectivity index (χ0v) is 11.1. The van der Waals surface area contributed by atoms with Crippen LogP contribution in [0.5, 0.6) is 0 Å². The number of aromatic nitrogens is 1. The second kappa shape index (κ2) is 5.85. The quantitative estimate of drug-likeness (QED) is 0.862. The Morgan fingerprint density at radius 1 is 1.39 bits per heavy atom. The molecule has 1 amide bonds. The van der Waals surface area contributed by atoms with Crippen molar-refractivity contribution in [2.75, 3.05) is 12.4 Å². The largest absolute Gasteiger partial charge is 0.387 e. The highest BCUT2D eigenvalue weighted by Crippen LogP contribution is 2.24. The Kier molecular flexibility index (Phi) is 4.18. The van der Waals surface area contributed by atoms with Gasteiger partial charge in [-0.15, -0.1) is 0 Å². The van der Waals surface area contributed by atoms with Gasteiger partial charge in [0.15, 0.2) is 0 Å². The second-order valence-corrected chi connectivity index (χ2v) is 5.01. The fourth-order valence-corrected chi connectivity index (χ4v) is 2.57. The zero-order chi connectivity index (χ0) is 13.0. The highest BCUT2D eigenvalue weighted by atomic mass is 16.1. The van der Waals surface area contributed by atoms with Crippen molar-refractivity contribution >= 4 is 11.6 Å². The summed E-state index contributed by atoms with van der Waals surface area (Å²) in [4.78, 5) is 16.3.